The van der Waals surface area contributed by atoms with E-state index in [1.165, 1.54) is 11.3 Å². The lowest BCUT2D eigenvalue weighted by atomic mass is 10.2. The summed E-state index contributed by atoms with van der Waals surface area (Å²) in [5.41, 5.74) is 1.00. The summed E-state index contributed by atoms with van der Waals surface area (Å²) in [5, 5.41) is 3.94. The maximum absolute atomic E-state index is 10.7. The third kappa shape index (κ3) is 3.20. The van der Waals surface area contributed by atoms with Gasteiger partial charge in [-0.25, -0.2) is 4.98 Å². The lowest BCUT2D eigenvalue weighted by molar-refractivity contribution is 0.112. The molecule has 0 atom stereocenters. The Morgan fingerprint density at radius 3 is 2.70 bits per heavy atom. The highest BCUT2D eigenvalue weighted by molar-refractivity contribution is 7.17. The number of aldehydes is 1. The molecule has 1 aromatic heterocycles. The molecule has 1 N–H and O–H groups in total. The van der Waals surface area contributed by atoms with Crippen molar-refractivity contribution in [3.05, 3.63) is 33.8 Å². The molecule has 5 nitrogen and oxygen atoms in total. The van der Waals surface area contributed by atoms with Crippen LogP contribution in [-0.2, 0) is 6.54 Å². The first kappa shape index (κ1) is 14.6. The largest absolute Gasteiger partial charge is 0.493 e. The Kier molecular flexibility index (Phi) is 4.81. The first-order valence-electron chi connectivity index (χ1n) is 5.74. The fourth-order valence-electron chi connectivity index (χ4n) is 1.63. The van der Waals surface area contributed by atoms with Gasteiger partial charge in [-0.1, -0.05) is 29.0 Å². The number of rotatable bonds is 6. The standard InChI is InChI=1S/C13H13ClN2O3S/c1-18-9-4-3-8(5-10(9)19-2)6-15-13-16-12(14)11(7-17)20-13/h3-5,7H,6H2,1-2H3,(H,15,16). The maximum Gasteiger partial charge on any atom is 0.185 e. The number of ether oxygens (including phenoxy) is 2. The number of anilines is 1. The summed E-state index contributed by atoms with van der Waals surface area (Å²) in [7, 11) is 3.18. The van der Waals surface area contributed by atoms with Crippen LogP contribution in [0.15, 0.2) is 18.2 Å². The number of methoxy groups -OCH3 is 2. The fraction of sp³-hybridized carbons (Fsp3) is 0.231. The number of nitrogens with zero attached hydrogens (tertiary/aromatic N) is 1. The van der Waals surface area contributed by atoms with Gasteiger partial charge in [0.2, 0.25) is 0 Å². The minimum Gasteiger partial charge on any atom is -0.493 e. The van der Waals surface area contributed by atoms with Gasteiger partial charge in [-0.3, -0.25) is 4.79 Å². The monoisotopic (exact) mass is 312 g/mol. The Labute approximate surface area is 125 Å². The summed E-state index contributed by atoms with van der Waals surface area (Å²) in [5.74, 6) is 1.34. The molecule has 1 heterocycles. The van der Waals surface area contributed by atoms with Gasteiger partial charge >= 0.3 is 0 Å². The topological polar surface area (TPSA) is 60.5 Å². The first-order chi connectivity index (χ1) is 9.67. The van der Waals surface area contributed by atoms with Gasteiger partial charge in [0.05, 0.1) is 14.2 Å². The summed E-state index contributed by atoms with van der Waals surface area (Å²) in [6, 6.07) is 5.63. The highest BCUT2D eigenvalue weighted by Gasteiger charge is 2.09. The molecule has 0 aliphatic heterocycles. The number of halogens is 1. The van der Waals surface area contributed by atoms with Crippen molar-refractivity contribution in [2.24, 2.45) is 0 Å². The second-order valence-electron chi connectivity index (χ2n) is 3.83. The number of carbonyl (C=O) groups excluding carboxylic acids is 1. The number of hydrogen-bond acceptors (Lipinski definition) is 6. The van der Waals surface area contributed by atoms with E-state index in [4.69, 9.17) is 21.1 Å². The summed E-state index contributed by atoms with van der Waals surface area (Å²) in [6.45, 7) is 0.544. The van der Waals surface area contributed by atoms with Crippen molar-refractivity contribution in [2.75, 3.05) is 19.5 Å². The molecule has 0 amide bonds. The van der Waals surface area contributed by atoms with Crippen molar-refractivity contribution in [1.29, 1.82) is 0 Å². The van der Waals surface area contributed by atoms with E-state index in [0.29, 0.717) is 34.3 Å². The van der Waals surface area contributed by atoms with Gasteiger partial charge in [-0.2, -0.15) is 0 Å². The van der Waals surface area contributed by atoms with Crippen LogP contribution in [0, 0.1) is 0 Å². The Balaban J connectivity index is 2.08. The molecule has 0 bridgehead atoms. The van der Waals surface area contributed by atoms with Crippen LogP contribution in [-0.4, -0.2) is 25.5 Å². The van der Waals surface area contributed by atoms with E-state index in [2.05, 4.69) is 10.3 Å². The minimum atomic E-state index is 0.222. The number of hydrogen-bond donors (Lipinski definition) is 1. The Hall–Kier alpha value is -1.79. The predicted octanol–water partition coefficient (Wildman–Crippen LogP) is 3.24. The number of benzene rings is 1. The summed E-state index contributed by atoms with van der Waals surface area (Å²) < 4.78 is 10.4. The lowest BCUT2D eigenvalue weighted by Crippen LogP contribution is -2.00. The molecular formula is C13H13ClN2O3S. The van der Waals surface area contributed by atoms with Gasteiger partial charge in [0.15, 0.2) is 28.1 Å². The van der Waals surface area contributed by atoms with Crippen LogP contribution >= 0.6 is 22.9 Å². The molecule has 0 saturated carbocycles. The van der Waals surface area contributed by atoms with Crippen molar-refractivity contribution in [1.82, 2.24) is 4.98 Å². The highest BCUT2D eigenvalue weighted by atomic mass is 35.5. The SMILES string of the molecule is COc1ccc(CNc2nc(Cl)c(C=O)s2)cc1OC. The molecule has 0 unspecified atom stereocenters. The highest BCUT2D eigenvalue weighted by Crippen LogP contribution is 2.29. The van der Waals surface area contributed by atoms with Gasteiger partial charge in [-0.15, -0.1) is 0 Å². The average Bonchev–Trinajstić information content (AvgIpc) is 2.85. The van der Waals surface area contributed by atoms with Gasteiger partial charge in [0.1, 0.15) is 4.88 Å². The molecule has 1 aromatic carbocycles. The molecule has 0 aliphatic rings. The Morgan fingerprint density at radius 1 is 1.35 bits per heavy atom. The number of aromatic nitrogens is 1. The predicted molar refractivity (Wildman–Crippen MR) is 79.4 cm³/mol. The molecule has 2 aromatic rings. The molecule has 106 valence electrons. The van der Waals surface area contributed by atoms with E-state index in [1.54, 1.807) is 14.2 Å². The molecule has 2 rings (SSSR count). The zero-order chi connectivity index (χ0) is 14.5. The third-order valence-corrected chi connectivity index (χ3v) is 3.95. The molecule has 0 spiro atoms. The normalized spacial score (nSPS) is 10.2. The molecule has 0 radical (unpaired) electrons. The smallest absolute Gasteiger partial charge is 0.185 e. The average molecular weight is 313 g/mol. The van der Waals surface area contributed by atoms with Crippen LogP contribution in [0.3, 0.4) is 0 Å². The van der Waals surface area contributed by atoms with Gasteiger partial charge in [0.25, 0.3) is 0 Å². The molecule has 0 aliphatic carbocycles. The third-order valence-electron chi connectivity index (χ3n) is 2.61. The zero-order valence-electron chi connectivity index (χ0n) is 11.0. The summed E-state index contributed by atoms with van der Waals surface area (Å²) >= 11 is 7.02. The number of carbonyl (C=O) groups is 1. The van der Waals surface area contributed by atoms with E-state index >= 15 is 0 Å². The lowest BCUT2D eigenvalue weighted by Gasteiger charge is -2.09. The quantitative estimate of drug-likeness (QED) is 0.830. The van der Waals surface area contributed by atoms with Gasteiger partial charge in [0, 0.05) is 6.54 Å². The van der Waals surface area contributed by atoms with Crippen molar-refractivity contribution in [2.45, 2.75) is 6.54 Å². The van der Waals surface area contributed by atoms with Gasteiger partial charge < -0.3 is 14.8 Å². The van der Waals surface area contributed by atoms with Crippen LogP contribution in [0.5, 0.6) is 11.5 Å². The Morgan fingerprint density at radius 2 is 2.10 bits per heavy atom. The first-order valence-corrected chi connectivity index (χ1v) is 6.93. The Bertz CT molecular complexity index is 616. The molecule has 0 fully saturated rings. The summed E-state index contributed by atoms with van der Waals surface area (Å²) in [6.07, 6.45) is 0.696. The number of thiazole rings is 1. The molecule has 20 heavy (non-hydrogen) atoms. The van der Waals surface area contributed by atoms with Crippen molar-refractivity contribution >= 4 is 34.4 Å². The second kappa shape index (κ2) is 6.58. The van der Waals surface area contributed by atoms with Crippen LogP contribution in [0.2, 0.25) is 5.15 Å². The van der Waals surface area contributed by atoms with Crippen molar-refractivity contribution < 1.29 is 14.3 Å². The van der Waals surface area contributed by atoms with E-state index < -0.39 is 0 Å². The molecular weight excluding hydrogens is 300 g/mol. The minimum absolute atomic E-state index is 0.222. The second-order valence-corrected chi connectivity index (χ2v) is 5.22. The van der Waals surface area contributed by atoms with Crippen LogP contribution in [0.1, 0.15) is 15.2 Å². The fourth-order valence-corrected chi connectivity index (χ4v) is 2.59. The van der Waals surface area contributed by atoms with E-state index in [9.17, 15) is 4.79 Å². The van der Waals surface area contributed by atoms with Crippen molar-refractivity contribution in [3.63, 3.8) is 0 Å². The molecule has 0 saturated heterocycles. The summed E-state index contributed by atoms with van der Waals surface area (Å²) in [4.78, 5) is 15.2. The van der Waals surface area contributed by atoms with Crippen LogP contribution in [0.25, 0.3) is 0 Å². The maximum atomic E-state index is 10.7. The van der Waals surface area contributed by atoms with Crippen molar-refractivity contribution in [3.8, 4) is 11.5 Å². The molecule has 7 heteroatoms. The van der Waals surface area contributed by atoms with Crippen LogP contribution < -0.4 is 14.8 Å². The van der Waals surface area contributed by atoms with E-state index in [-0.39, 0.29) is 5.15 Å². The zero-order valence-corrected chi connectivity index (χ0v) is 12.5. The van der Waals surface area contributed by atoms with Gasteiger partial charge in [-0.05, 0) is 17.7 Å². The van der Waals surface area contributed by atoms with E-state index in [0.717, 1.165) is 5.56 Å². The van der Waals surface area contributed by atoms with E-state index in [1.807, 2.05) is 18.2 Å². The number of nitrogens with one attached hydrogen (secondary N) is 1. The van der Waals surface area contributed by atoms with Crippen LogP contribution in [0.4, 0.5) is 5.13 Å².